The fourth-order valence-corrected chi connectivity index (χ4v) is 3.37. The lowest BCUT2D eigenvalue weighted by Gasteiger charge is -2.15. The number of sulfonamides is 1. The molecule has 0 aliphatic carbocycles. The quantitative estimate of drug-likeness (QED) is 0.754. The minimum absolute atomic E-state index is 0.224. The van der Waals surface area contributed by atoms with E-state index in [9.17, 15) is 18.0 Å². The van der Waals surface area contributed by atoms with Gasteiger partial charge in [0.1, 0.15) is 4.90 Å². The first kappa shape index (κ1) is 16.7. The zero-order valence-electron chi connectivity index (χ0n) is 10.7. The number of amides is 1. The van der Waals surface area contributed by atoms with E-state index in [0.717, 1.165) is 10.4 Å². The van der Waals surface area contributed by atoms with Gasteiger partial charge in [-0.15, -0.1) is 0 Å². The van der Waals surface area contributed by atoms with Crippen LogP contribution in [0.15, 0.2) is 20.0 Å². The van der Waals surface area contributed by atoms with Gasteiger partial charge in [0.25, 0.3) is 0 Å². The molecule has 2 N–H and O–H groups in total. The predicted octanol–water partition coefficient (Wildman–Crippen LogP) is 0.497. The van der Waals surface area contributed by atoms with Crippen LogP contribution in [0.2, 0.25) is 0 Å². The van der Waals surface area contributed by atoms with Gasteiger partial charge in [-0.1, -0.05) is 0 Å². The number of carbonyl (C=O) groups excluding carboxylic acids is 1. The van der Waals surface area contributed by atoms with Gasteiger partial charge in [-0.3, -0.25) is 4.79 Å². The largest absolute Gasteiger partial charge is 0.475 e. The number of rotatable bonds is 6. The Kier molecular flexibility index (Phi) is 5.31. The number of carboxylic acid groups (broad SMARTS) is 1. The summed E-state index contributed by atoms with van der Waals surface area (Å²) in [4.78, 5) is 21.8. The monoisotopic (exact) mass is 368 g/mol. The maximum atomic E-state index is 12.2. The summed E-state index contributed by atoms with van der Waals surface area (Å²) in [7, 11) is -2.81. The first-order chi connectivity index (χ1) is 9.20. The van der Waals surface area contributed by atoms with Gasteiger partial charge in [0.2, 0.25) is 21.7 Å². The van der Waals surface area contributed by atoms with Gasteiger partial charge in [0, 0.05) is 19.7 Å². The van der Waals surface area contributed by atoms with Gasteiger partial charge in [-0.25, -0.2) is 13.2 Å². The summed E-state index contributed by atoms with van der Waals surface area (Å²) < 4.78 is 29.7. The molecular formula is C10H13BrN2O6S. The molecule has 0 aromatic carbocycles. The summed E-state index contributed by atoms with van der Waals surface area (Å²) >= 11 is 2.85. The maximum Gasteiger partial charge on any atom is 0.371 e. The Labute approximate surface area is 123 Å². The highest BCUT2D eigenvalue weighted by Gasteiger charge is 2.29. The van der Waals surface area contributed by atoms with Crippen molar-refractivity contribution in [1.82, 2.24) is 9.62 Å². The van der Waals surface area contributed by atoms with Crippen LogP contribution in [0, 0.1) is 0 Å². The summed E-state index contributed by atoms with van der Waals surface area (Å²) in [6.07, 6.45) is 0. The minimum atomic E-state index is -4.03. The molecule has 1 heterocycles. The summed E-state index contributed by atoms with van der Waals surface area (Å²) in [6.45, 7) is 1.71. The second-order valence-corrected chi connectivity index (χ2v) is 6.50. The van der Waals surface area contributed by atoms with E-state index in [1.54, 1.807) is 6.92 Å². The van der Waals surface area contributed by atoms with E-state index in [-0.39, 0.29) is 16.1 Å². The molecule has 0 saturated carbocycles. The molecule has 1 amide bonds. The summed E-state index contributed by atoms with van der Waals surface area (Å²) in [5.74, 6) is -2.36. The van der Waals surface area contributed by atoms with Crippen LogP contribution in [0.1, 0.15) is 17.5 Å². The normalized spacial score (nSPS) is 11.6. The molecule has 10 heteroatoms. The molecular weight excluding hydrogens is 356 g/mol. The number of carbonyl (C=O) groups is 2. The Balaban J connectivity index is 3.04. The lowest BCUT2D eigenvalue weighted by molar-refractivity contribution is -0.121. The Morgan fingerprint density at radius 1 is 1.50 bits per heavy atom. The molecule has 0 saturated heterocycles. The van der Waals surface area contributed by atoms with E-state index in [1.807, 2.05) is 0 Å². The molecule has 0 atom stereocenters. The molecule has 0 spiro atoms. The molecule has 0 fully saturated rings. The zero-order valence-corrected chi connectivity index (χ0v) is 13.1. The number of likely N-dealkylation sites (N-methyl/N-ethyl adjacent to an activating group) is 2. The fourth-order valence-electron chi connectivity index (χ4n) is 1.34. The molecule has 8 nitrogen and oxygen atoms in total. The van der Waals surface area contributed by atoms with Crippen LogP contribution in [-0.4, -0.2) is 49.8 Å². The van der Waals surface area contributed by atoms with Crippen molar-refractivity contribution in [2.24, 2.45) is 0 Å². The third-order valence-electron chi connectivity index (χ3n) is 2.29. The van der Waals surface area contributed by atoms with Crippen LogP contribution in [0.5, 0.6) is 0 Å². The number of halogens is 1. The summed E-state index contributed by atoms with van der Waals surface area (Å²) in [5, 5.41) is 11.2. The number of furan rings is 1. The van der Waals surface area contributed by atoms with Crippen molar-refractivity contribution in [2.45, 2.75) is 11.8 Å². The second-order valence-electron chi connectivity index (χ2n) is 3.77. The summed E-state index contributed by atoms with van der Waals surface area (Å²) in [5.41, 5.74) is 0. The van der Waals surface area contributed by atoms with Crippen molar-refractivity contribution in [3.63, 3.8) is 0 Å². The predicted molar refractivity (Wildman–Crippen MR) is 71.9 cm³/mol. The van der Waals surface area contributed by atoms with Crippen molar-refractivity contribution < 1.29 is 27.5 Å². The smallest absolute Gasteiger partial charge is 0.371 e. The topological polar surface area (TPSA) is 117 Å². The standard InChI is InChI=1S/C10H13BrN2O6S/c1-3-12-8(14)5-13(2)20(17,18)7-4-6(10(15)16)19-9(7)11/h4H,3,5H2,1-2H3,(H,12,14)(H,15,16). The number of aromatic carboxylic acids is 1. The van der Waals surface area contributed by atoms with Gasteiger partial charge in [0.05, 0.1) is 6.54 Å². The van der Waals surface area contributed by atoms with E-state index < -0.39 is 27.7 Å². The number of hydrogen-bond donors (Lipinski definition) is 2. The zero-order chi connectivity index (χ0) is 15.5. The molecule has 0 aliphatic heterocycles. The molecule has 20 heavy (non-hydrogen) atoms. The van der Waals surface area contributed by atoms with Gasteiger partial charge in [0.15, 0.2) is 4.67 Å². The van der Waals surface area contributed by atoms with Crippen LogP contribution >= 0.6 is 15.9 Å². The Bertz CT molecular complexity index is 624. The highest BCUT2D eigenvalue weighted by molar-refractivity contribution is 9.10. The van der Waals surface area contributed by atoms with E-state index >= 15 is 0 Å². The SMILES string of the molecule is CCNC(=O)CN(C)S(=O)(=O)c1cc(C(=O)O)oc1Br. The van der Waals surface area contributed by atoms with Gasteiger partial charge in [-0.05, 0) is 22.9 Å². The van der Waals surface area contributed by atoms with Crippen LogP contribution in [0.25, 0.3) is 0 Å². The van der Waals surface area contributed by atoms with Crippen molar-refractivity contribution in [3.05, 3.63) is 16.5 Å². The highest BCUT2D eigenvalue weighted by atomic mass is 79.9. The lowest BCUT2D eigenvalue weighted by atomic mass is 10.5. The van der Waals surface area contributed by atoms with E-state index in [4.69, 9.17) is 9.52 Å². The Morgan fingerprint density at radius 3 is 2.55 bits per heavy atom. The summed E-state index contributed by atoms with van der Waals surface area (Å²) in [6, 6.07) is 0.885. The van der Waals surface area contributed by atoms with Crippen molar-refractivity contribution in [1.29, 1.82) is 0 Å². The third-order valence-corrected chi connectivity index (χ3v) is 4.95. The maximum absolute atomic E-state index is 12.2. The van der Waals surface area contributed by atoms with Crippen molar-refractivity contribution in [2.75, 3.05) is 20.1 Å². The lowest BCUT2D eigenvalue weighted by Crippen LogP contribution is -2.38. The molecule has 1 aromatic rings. The second kappa shape index (κ2) is 6.37. The molecule has 0 radical (unpaired) electrons. The molecule has 0 aliphatic rings. The Hall–Kier alpha value is -1.39. The number of nitrogens with zero attached hydrogens (tertiary/aromatic N) is 1. The van der Waals surface area contributed by atoms with Crippen LogP contribution in [-0.2, 0) is 14.8 Å². The third kappa shape index (κ3) is 3.58. The van der Waals surface area contributed by atoms with Crippen molar-refractivity contribution in [3.8, 4) is 0 Å². The fraction of sp³-hybridized carbons (Fsp3) is 0.400. The van der Waals surface area contributed by atoms with E-state index in [2.05, 4.69) is 21.2 Å². The van der Waals surface area contributed by atoms with Crippen LogP contribution < -0.4 is 5.32 Å². The average Bonchev–Trinajstić information content (AvgIpc) is 2.72. The number of carboxylic acids is 1. The molecule has 0 unspecified atom stereocenters. The first-order valence-electron chi connectivity index (χ1n) is 5.45. The highest BCUT2D eigenvalue weighted by Crippen LogP contribution is 2.28. The van der Waals surface area contributed by atoms with Crippen LogP contribution in [0.3, 0.4) is 0 Å². The van der Waals surface area contributed by atoms with Gasteiger partial charge in [-0.2, -0.15) is 4.31 Å². The van der Waals surface area contributed by atoms with Crippen LogP contribution in [0.4, 0.5) is 0 Å². The van der Waals surface area contributed by atoms with Gasteiger partial charge >= 0.3 is 5.97 Å². The van der Waals surface area contributed by atoms with E-state index in [0.29, 0.717) is 6.54 Å². The molecule has 112 valence electrons. The van der Waals surface area contributed by atoms with Gasteiger partial charge < -0.3 is 14.8 Å². The Morgan fingerprint density at radius 2 is 2.10 bits per heavy atom. The number of hydrogen-bond acceptors (Lipinski definition) is 5. The van der Waals surface area contributed by atoms with E-state index in [1.165, 1.54) is 7.05 Å². The average molecular weight is 369 g/mol. The van der Waals surface area contributed by atoms with Crippen molar-refractivity contribution >= 4 is 37.8 Å². The number of nitrogens with one attached hydrogen (secondary N) is 1. The molecule has 1 rings (SSSR count). The first-order valence-corrected chi connectivity index (χ1v) is 7.69. The minimum Gasteiger partial charge on any atom is -0.475 e. The molecule has 0 bridgehead atoms. The molecule has 1 aromatic heterocycles.